The number of aryl methyl sites for hydroxylation is 1. The highest BCUT2D eigenvalue weighted by Gasteiger charge is 2.21. The normalized spacial score (nSPS) is 10.7. The van der Waals surface area contributed by atoms with Crippen LogP contribution < -0.4 is 10.6 Å². The second kappa shape index (κ2) is 8.63. The zero-order chi connectivity index (χ0) is 21.1. The average molecular weight is 435 g/mol. The monoisotopic (exact) mass is 434 g/mol. The van der Waals surface area contributed by atoms with E-state index in [9.17, 15) is 14.0 Å². The van der Waals surface area contributed by atoms with Gasteiger partial charge in [-0.2, -0.15) is 5.10 Å². The van der Waals surface area contributed by atoms with Gasteiger partial charge in [0.15, 0.2) is 0 Å². The molecule has 2 N–H and O–H groups in total. The summed E-state index contributed by atoms with van der Waals surface area (Å²) in [5, 5.41) is 10.1. The molecule has 0 bridgehead atoms. The molecule has 0 radical (unpaired) electrons. The maximum Gasteiger partial charge on any atom is 0.260 e. The van der Waals surface area contributed by atoms with Crippen LogP contribution in [0.3, 0.4) is 0 Å². The van der Waals surface area contributed by atoms with Crippen LogP contribution in [0.4, 0.5) is 15.8 Å². The van der Waals surface area contributed by atoms with Crippen molar-refractivity contribution in [2.75, 3.05) is 10.6 Å². The Morgan fingerprint density at radius 1 is 1.10 bits per heavy atom. The summed E-state index contributed by atoms with van der Waals surface area (Å²) in [6.07, 6.45) is 0. The summed E-state index contributed by atoms with van der Waals surface area (Å²) in [6, 6.07) is 10.7. The molecule has 0 aliphatic rings. The van der Waals surface area contributed by atoms with E-state index in [0.717, 1.165) is 5.56 Å². The number of carbonyl (C=O) groups excluding carboxylic acids is 2. The van der Waals surface area contributed by atoms with Crippen LogP contribution in [0.25, 0.3) is 0 Å². The second-order valence-corrected chi connectivity index (χ2v) is 7.13. The van der Waals surface area contributed by atoms with Crippen molar-refractivity contribution in [3.63, 3.8) is 0 Å². The van der Waals surface area contributed by atoms with Crippen molar-refractivity contribution < 1.29 is 14.0 Å². The van der Waals surface area contributed by atoms with E-state index in [1.54, 1.807) is 37.3 Å². The summed E-state index contributed by atoms with van der Waals surface area (Å²) in [6.45, 7) is 3.33. The lowest BCUT2D eigenvalue weighted by Crippen LogP contribution is -2.14. The Labute approximate surface area is 176 Å². The number of anilines is 2. The molecule has 0 saturated heterocycles. The summed E-state index contributed by atoms with van der Waals surface area (Å²) in [7, 11) is 0. The number of halogens is 3. The molecule has 9 heteroatoms. The lowest BCUT2D eigenvalue weighted by molar-refractivity contribution is -0.114. The van der Waals surface area contributed by atoms with Crippen molar-refractivity contribution in [2.24, 2.45) is 0 Å². The molecule has 6 nitrogen and oxygen atoms in total. The van der Waals surface area contributed by atoms with Gasteiger partial charge in [0, 0.05) is 12.6 Å². The first-order chi connectivity index (χ1) is 13.7. The minimum absolute atomic E-state index is 0.151. The summed E-state index contributed by atoms with van der Waals surface area (Å²) in [4.78, 5) is 24.0. The van der Waals surface area contributed by atoms with E-state index in [2.05, 4.69) is 15.7 Å². The smallest absolute Gasteiger partial charge is 0.260 e. The molecule has 0 spiro atoms. The van der Waals surface area contributed by atoms with Gasteiger partial charge in [0.1, 0.15) is 11.0 Å². The van der Waals surface area contributed by atoms with Crippen molar-refractivity contribution >= 4 is 46.4 Å². The number of aromatic nitrogens is 2. The minimum atomic E-state index is -0.486. The molecule has 0 unspecified atom stereocenters. The predicted octanol–water partition coefficient (Wildman–Crippen LogP) is 4.90. The van der Waals surface area contributed by atoms with E-state index in [0.29, 0.717) is 22.1 Å². The highest BCUT2D eigenvalue weighted by Crippen LogP contribution is 2.28. The molecular formula is C20H17Cl2FN4O2. The van der Waals surface area contributed by atoms with Crippen LogP contribution in [0.5, 0.6) is 0 Å². The fourth-order valence-electron chi connectivity index (χ4n) is 2.77. The maximum absolute atomic E-state index is 13.1. The van der Waals surface area contributed by atoms with Crippen LogP contribution >= 0.6 is 23.2 Å². The van der Waals surface area contributed by atoms with E-state index in [-0.39, 0.29) is 29.0 Å². The Morgan fingerprint density at radius 2 is 1.79 bits per heavy atom. The van der Waals surface area contributed by atoms with Crippen molar-refractivity contribution in [3.8, 4) is 0 Å². The molecule has 0 aliphatic heterocycles. The number of amides is 2. The van der Waals surface area contributed by atoms with Crippen LogP contribution in [-0.2, 0) is 11.3 Å². The van der Waals surface area contributed by atoms with Crippen LogP contribution in [0.15, 0.2) is 42.5 Å². The highest BCUT2D eigenvalue weighted by molar-refractivity contribution is 6.35. The third kappa shape index (κ3) is 4.93. The summed E-state index contributed by atoms with van der Waals surface area (Å²) < 4.78 is 14.5. The summed E-state index contributed by atoms with van der Waals surface area (Å²) >= 11 is 12.5. The largest absolute Gasteiger partial charge is 0.326 e. The van der Waals surface area contributed by atoms with E-state index in [1.165, 1.54) is 23.7 Å². The number of hydrogen-bond acceptors (Lipinski definition) is 3. The molecular weight excluding hydrogens is 418 g/mol. The molecule has 150 valence electrons. The number of carbonyl (C=O) groups is 2. The van der Waals surface area contributed by atoms with Gasteiger partial charge in [0.25, 0.3) is 5.91 Å². The lowest BCUT2D eigenvalue weighted by atomic mass is 10.2. The molecule has 0 fully saturated rings. The topological polar surface area (TPSA) is 76.0 Å². The van der Waals surface area contributed by atoms with Gasteiger partial charge in [-0.15, -0.1) is 0 Å². The lowest BCUT2D eigenvalue weighted by Gasteiger charge is -2.10. The van der Waals surface area contributed by atoms with Crippen molar-refractivity contribution in [3.05, 3.63) is 75.3 Å². The Morgan fingerprint density at radius 3 is 2.45 bits per heavy atom. The Bertz CT molecular complexity index is 1080. The molecule has 0 saturated carbocycles. The standard InChI is InChI=1S/C20H17Cl2FN4O2/c1-11-18(19(22)27(26-11)10-13-3-5-14(23)6-4-13)20(29)25-17-9-15(24-12(2)28)7-8-16(17)21/h3-9H,10H2,1-2H3,(H,24,28)(H,25,29). The van der Waals surface area contributed by atoms with Crippen LogP contribution in [0, 0.1) is 12.7 Å². The third-order valence-corrected chi connectivity index (χ3v) is 4.79. The summed E-state index contributed by atoms with van der Waals surface area (Å²) in [5.74, 6) is -1.07. The van der Waals surface area contributed by atoms with Crippen LogP contribution in [0.1, 0.15) is 28.5 Å². The molecule has 2 aromatic carbocycles. The number of hydrogen-bond donors (Lipinski definition) is 2. The second-order valence-electron chi connectivity index (χ2n) is 6.37. The van der Waals surface area contributed by atoms with Gasteiger partial charge < -0.3 is 10.6 Å². The Hall–Kier alpha value is -2.90. The maximum atomic E-state index is 13.1. The number of benzene rings is 2. The van der Waals surface area contributed by atoms with Gasteiger partial charge in [-0.25, -0.2) is 9.07 Å². The van der Waals surface area contributed by atoms with Gasteiger partial charge in [0.05, 0.1) is 28.5 Å². The van der Waals surface area contributed by atoms with Gasteiger partial charge in [-0.3, -0.25) is 9.59 Å². The van der Waals surface area contributed by atoms with Gasteiger partial charge >= 0.3 is 0 Å². The first-order valence-electron chi connectivity index (χ1n) is 8.60. The Balaban J connectivity index is 1.84. The summed E-state index contributed by atoms with van der Waals surface area (Å²) in [5.41, 5.74) is 2.24. The van der Waals surface area contributed by atoms with E-state index >= 15 is 0 Å². The van der Waals surface area contributed by atoms with E-state index < -0.39 is 5.91 Å². The van der Waals surface area contributed by atoms with Crippen LogP contribution in [0.2, 0.25) is 10.2 Å². The van der Waals surface area contributed by atoms with Crippen molar-refractivity contribution in [1.29, 1.82) is 0 Å². The predicted molar refractivity (Wildman–Crippen MR) is 111 cm³/mol. The zero-order valence-electron chi connectivity index (χ0n) is 15.6. The van der Waals surface area contributed by atoms with E-state index in [4.69, 9.17) is 23.2 Å². The molecule has 3 aromatic rings. The molecule has 0 aliphatic carbocycles. The molecule has 29 heavy (non-hydrogen) atoms. The third-order valence-electron chi connectivity index (χ3n) is 4.07. The SMILES string of the molecule is CC(=O)Nc1ccc(Cl)c(NC(=O)c2c(C)nn(Cc3ccc(F)cc3)c2Cl)c1. The van der Waals surface area contributed by atoms with Gasteiger partial charge in [0.2, 0.25) is 5.91 Å². The van der Waals surface area contributed by atoms with Crippen LogP contribution in [-0.4, -0.2) is 21.6 Å². The van der Waals surface area contributed by atoms with Crippen molar-refractivity contribution in [2.45, 2.75) is 20.4 Å². The first-order valence-corrected chi connectivity index (χ1v) is 9.36. The fraction of sp³-hybridized carbons (Fsp3) is 0.150. The number of rotatable bonds is 5. The fourth-order valence-corrected chi connectivity index (χ4v) is 3.25. The van der Waals surface area contributed by atoms with Gasteiger partial charge in [-0.05, 0) is 42.8 Å². The minimum Gasteiger partial charge on any atom is -0.326 e. The quantitative estimate of drug-likeness (QED) is 0.599. The Kier molecular flexibility index (Phi) is 6.20. The van der Waals surface area contributed by atoms with Gasteiger partial charge in [-0.1, -0.05) is 35.3 Å². The molecule has 2 amide bonds. The molecule has 3 rings (SSSR count). The van der Waals surface area contributed by atoms with Crippen molar-refractivity contribution in [1.82, 2.24) is 9.78 Å². The molecule has 1 heterocycles. The molecule has 0 atom stereocenters. The average Bonchev–Trinajstić information content (AvgIpc) is 2.93. The zero-order valence-corrected chi connectivity index (χ0v) is 17.1. The number of nitrogens with one attached hydrogen (secondary N) is 2. The molecule has 1 aromatic heterocycles. The highest BCUT2D eigenvalue weighted by atomic mass is 35.5. The number of nitrogens with zero attached hydrogens (tertiary/aromatic N) is 2. The first kappa shape index (κ1) is 20.8. The van der Waals surface area contributed by atoms with E-state index in [1.807, 2.05) is 0 Å².